The maximum Gasteiger partial charge on any atom is 0.159 e. The maximum absolute atomic E-state index is 11.3. The minimum atomic E-state index is 0.0229. The average molecular weight is 371 g/mol. The summed E-state index contributed by atoms with van der Waals surface area (Å²) in [5.74, 6) is 0.539. The number of halogens is 1. The highest BCUT2D eigenvalue weighted by atomic mass is 35.5. The second-order valence-corrected chi connectivity index (χ2v) is 6.75. The zero-order chi connectivity index (χ0) is 17.8. The molecule has 0 aliphatic rings. The van der Waals surface area contributed by atoms with Crippen LogP contribution in [0.4, 0.5) is 17.2 Å². The molecule has 3 rings (SSSR count). The van der Waals surface area contributed by atoms with Crippen LogP contribution in [0.25, 0.3) is 0 Å². The fourth-order valence-corrected chi connectivity index (χ4v) is 3.03. The smallest absolute Gasteiger partial charge is 0.159 e. The van der Waals surface area contributed by atoms with Crippen LogP contribution in [0.15, 0.2) is 64.8 Å². The van der Waals surface area contributed by atoms with E-state index in [0.717, 1.165) is 10.6 Å². The van der Waals surface area contributed by atoms with E-state index in [1.54, 1.807) is 12.1 Å². The van der Waals surface area contributed by atoms with Gasteiger partial charge in [-0.05, 0) is 55.5 Å². The van der Waals surface area contributed by atoms with E-state index >= 15 is 0 Å². The predicted octanol–water partition coefficient (Wildman–Crippen LogP) is 4.81. The lowest BCUT2D eigenvalue weighted by atomic mass is 10.1. The Bertz CT molecular complexity index is 898. The highest BCUT2D eigenvalue weighted by Gasteiger charge is 2.10. The molecular weight excluding hydrogens is 356 g/mol. The molecule has 126 valence electrons. The van der Waals surface area contributed by atoms with Gasteiger partial charge >= 0.3 is 0 Å². The maximum atomic E-state index is 11.3. The lowest BCUT2D eigenvalue weighted by molar-refractivity contribution is 0.101. The summed E-state index contributed by atoms with van der Waals surface area (Å²) in [5.41, 5.74) is 8.10. The number of anilines is 3. The molecule has 0 saturated carbocycles. The Labute approximate surface area is 154 Å². The predicted molar refractivity (Wildman–Crippen MR) is 102 cm³/mol. The summed E-state index contributed by atoms with van der Waals surface area (Å²) in [5, 5.41) is 4.48. The first kappa shape index (κ1) is 17.3. The van der Waals surface area contributed by atoms with Crippen molar-refractivity contribution in [3.05, 3.63) is 65.4 Å². The van der Waals surface area contributed by atoms with E-state index in [1.165, 1.54) is 25.0 Å². The molecule has 0 unspecified atom stereocenters. The number of nitrogens with one attached hydrogen (secondary N) is 1. The van der Waals surface area contributed by atoms with E-state index in [9.17, 15) is 4.79 Å². The fourth-order valence-electron chi connectivity index (χ4n) is 2.10. The number of ketones is 1. The minimum Gasteiger partial charge on any atom is -0.394 e. The second-order valence-electron chi connectivity index (χ2n) is 5.26. The van der Waals surface area contributed by atoms with Crippen LogP contribution in [0.5, 0.6) is 0 Å². The van der Waals surface area contributed by atoms with E-state index in [4.69, 9.17) is 17.3 Å². The Morgan fingerprint density at radius 2 is 1.76 bits per heavy atom. The molecule has 1 aromatic heterocycles. The van der Waals surface area contributed by atoms with Gasteiger partial charge in [-0.2, -0.15) is 0 Å². The Kier molecular flexibility index (Phi) is 5.21. The molecule has 0 atom stereocenters. The summed E-state index contributed by atoms with van der Waals surface area (Å²) in [6.07, 6.45) is 1.46. The third-order valence-electron chi connectivity index (χ3n) is 3.43. The number of rotatable bonds is 5. The van der Waals surface area contributed by atoms with E-state index in [0.29, 0.717) is 27.1 Å². The summed E-state index contributed by atoms with van der Waals surface area (Å²) < 4.78 is 0. The molecule has 0 amide bonds. The standard InChI is InChI=1S/C18H15ClN4OS/c1-11(24)12-2-6-14(7-3-12)23-17-16(20)18(22-10-21-17)25-15-8-4-13(19)5-9-15/h2-10H,20H2,1H3,(H,21,22,23). The van der Waals surface area contributed by atoms with Crippen molar-refractivity contribution < 1.29 is 4.79 Å². The van der Waals surface area contributed by atoms with Crippen LogP contribution in [0.3, 0.4) is 0 Å². The molecule has 0 fully saturated rings. The van der Waals surface area contributed by atoms with Gasteiger partial charge in [0.05, 0.1) is 0 Å². The zero-order valence-electron chi connectivity index (χ0n) is 13.4. The number of nitrogens with zero attached hydrogens (tertiary/aromatic N) is 2. The molecule has 0 bridgehead atoms. The Morgan fingerprint density at radius 1 is 1.08 bits per heavy atom. The number of nitrogens with two attached hydrogens (primary N) is 1. The third kappa shape index (κ3) is 4.29. The van der Waals surface area contributed by atoms with Crippen molar-refractivity contribution in [2.24, 2.45) is 0 Å². The molecule has 0 aliphatic carbocycles. The van der Waals surface area contributed by atoms with Crippen molar-refractivity contribution in [1.82, 2.24) is 9.97 Å². The lowest BCUT2D eigenvalue weighted by Gasteiger charge is -2.11. The number of nitrogen functional groups attached to an aromatic ring is 1. The number of hydrogen-bond acceptors (Lipinski definition) is 6. The van der Waals surface area contributed by atoms with E-state index in [-0.39, 0.29) is 5.78 Å². The van der Waals surface area contributed by atoms with Gasteiger partial charge in [0.2, 0.25) is 0 Å². The molecule has 2 aromatic carbocycles. The molecule has 0 saturated heterocycles. The van der Waals surface area contributed by atoms with Crippen LogP contribution in [-0.2, 0) is 0 Å². The van der Waals surface area contributed by atoms with E-state index in [2.05, 4.69) is 15.3 Å². The molecule has 0 radical (unpaired) electrons. The van der Waals surface area contributed by atoms with Gasteiger partial charge < -0.3 is 11.1 Å². The second kappa shape index (κ2) is 7.55. The van der Waals surface area contributed by atoms with Gasteiger partial charge in [0.1, 0.15) is 17.0 Å². The van der Waals surface area contributed by atoms with Crippen LogP contribution in [0.2, 0.25) is 5.02 Å². The highest BCUT2D eigenvalue weighted by molar-refractivity contribution is 7.99. The quantitative estimate of drug-likeness (QED) is 0.495. The third-order valence-corrected chi connectivity index (χ3v) is 4.71. The van der Waals surface area contributed by atoms with Crippen LogP contribution in [0, 0.1) is 0 Å². The van der Waals surface area contributed by atoms with Gasteiger partial charge in [-0.1, -0.05) is 23.4 Å². The van der Waals surface area contributed by atoms with Crippen molar-refractivity contribution >= 4 is 46.3 Å². The summed E-state index contributed by atoms with van der Waals surface area (Å²) in [4.78, 5) is 20.8. The Balaban J connectivity index is 1.80. The number of Topliss-reactive ketones (excluding diaryl/α,β-unsaturated/α-hetero) is 1. The first-order valence-corrected chi connectivity index (χ1v) is 8.64. The lowest BCUT2D eigenvalue weighted by Crippen LogP contribution is -2.02. The molecule has 5 nitrogen and oxygen atoms in total. The van der Waals surface area contributed by atoms with Gasteiger partial charge in [0.15, 0.2) is 11.6 Å². The SMILES string of the molecule is CC(=O)c1ccc(Nc2ncnc(Sc3ccc(Cl)cc3)c2N)cc1. The Morgan fingerprint density at radius 3 is 2.40 bits per heavy atom. The first-order chi connectivity index (χ1) is 12.0. The van der Waals surface area contributed by atoms with Gasteiger partial charge in [-0.25, -0.2) is 9.97 Å². The molecule has 25 heavy (non-hydrogen) atoms. The highest BCUT2D eigenvalue weighted by Crippen LogP contribution is 2.34. The van der Waals surface area contributed by atoms with E-state index < -0.39 is 0 Å². The van der Waals surface area contributed by atoms with Crippen LogP contribution >= 0.6 is 23.4 Å². The molecule has 1 heterocycles. The number of hydrogen-bond donors (Lipinski definition) is 2. The van der Waals surface area contributed by atoms with Crippen molar-refractivity contribution in [3.8, 4) is 0 Å². The topological polar surface area (TPSA) is 80.9 Å². The fraction of sp³-hybridized carbons (Fsp3) is 0.0556. The summed E-state index contributed by atoms with van der Waals surface area (Å²) >= 11 is 7.34. The van der Waals surface area contributed by atoms with Crippen molar-refractivity contribution in [1.29, 1.82) is 0 Å². The van der Waals surface area contributed by atoms with Crippen LogP contribution in [0.1, 0.15) is 17.3 Å². The average Bonchev–Trinajstić information content (AvgIpc) is 2.61. The molecular formula is C18H15ClN4OS. The van der Waals surface area contributed by atoms with Crippen LogP contribution in [-0.4, -0.2) is 15.8 Å². The summed E-state index contributed by atoms with van der Waals surface area (Å²) in [6, 6.07) is 14.6. The monoisotopic (exact) mass is 370 g/mol. The molecule has 3 aromatic rings. The number of aromatic nitrogens is 2. The van der Waals surface area contributed by atoms with Crippen LogP contribution < -0.4 is 11.1 Å². The first-order valence-electron chi connectivity index (χ1n) is 7.45. The number of benzene rings is 2. The zero-order valence-corrected chi connectivity index (χ0v) is 14.9. The number of carbonyl (C=O) groups excluding carboxylic acids is 1. The molecule has 7 heteroatoms. The molecule has 0 aliphatic heterocycles. The van der Waals surface area contributed by atoms with Crippen molar-refractivity contribution in [2.75, 3.05) is 11.1 Å². The van der Waals surface area contributed by atoms with E-state index in [1.807, 2.05) is 36.4 Å². The van der Waals surface area contributed by atoms with Gasteiger partial charge in [0.25, 0.3) is 0 Å². The largest absolute Gasteiger partial charge is 0.394 e. The van der Waals surface area contributed by atoms with Crippen molar-refractivity contribution in [2.45, 2.75) is 16.8 Å². The summed E-state index contributed by atoms with van der Waals surface area (Å²) in [7, 11) is 0. The Hall–Kier alpha value is -2.57. The van der Waals surface area contributed by atoms with Gasteiger partial charge in [0, 0.05) is 21.2 Å². The van der Waals surface area contributed by atoms with Gasteiger partial charge in [-0.3, -0.25) is 4.79 Å². The van der Waals surface area contributed by atoms with Crippen molar-refractivity contribution in [3.63, 3.8) is 0 Å². The minimum absolute atomic E-state index is 0.0229. The van der Waals surface area contributed by atoms with Gasteiger partial charge in [-0.15, -0.1) is 0 Å². The normalized spacial score (nSPS) is 10.5. The summed E-state index contributed by atoms with van der Waals surface area (Å²) in [6.45, 7) is 1.53. The molecule has 0 spiro atoms. The molecule has 3 N–H and O–H groups in total. The number of carbonyl (C=O) groups is 1.